The van der Waals surface area contributed by atoms with Gasteiger partial charge in [-0.2, -0.15) is 0 Å². The van der Waals surface area contributed by atoms with E-state index >= 15 is 0 Å². The van der Waals surface area contributed by atoms with Crippen LogP contribution < -0.4 is 10.4 Å². The van der Waals surface area contributed by atoms with E-state index < -0.39 is 8.07 Å². The number of hydrogen-bond acceptors (Lipinski definition) is 1. The number of halogens is 1. The van der Waals surface area contributed by atoms with Gasteiger partial charge in [0.05, 0.1) is 6.61 Å². The van der Waals surface area contributed by atoms with E-state index in [4.69, 9.17) is 0 Å². The number of benzene rings is 2. The molecule has 0 radical (unpaired) electrons. The summed E-state index contributed by atoms with van der Waals surface area (Å²) >= 11 is 2.33. The van der Waals surface area contributed by atoms with Crippen molar-refractivity contribution in [2.45, 2.75) is 19.7 Å². The zero-order valence-electron chi connectivity index (χ0n) is 10.7. The molecule has 0 bridgehead atoms. The fourth-order valence-corrected chi connectivity index (χ4v) is 5.44. The lowest BCUT2D eigenvalue weighted by molar-refractivity contribution is 0.283. The maximum absolute atomic E-state index is 9.49. The minimum absolute atomic E-state index is 0.122. The highest BCUT2D eigenvalue weighted by Crippen LogP contribution is 2.10. The Labute approximate surface area is 123 Å². The summed E-state index contributed by atoms with van der Waals surface area (Å²) in [5.41, 5.74) is 1.06. The van der Waals surface area contributed by atoms with Crippen molar-refractivity contribution in [1.82, 2.24) is 0 Å². The molecule has 0 saturated carbocycles. The molecule has 18 heavy (non-hydrogen) atoms. The first-order valence-electron chi connectivity index (χ1n) is 6.01. The second kappa shape index (κ2) is 5.55. The monoisotopic (exact) mass is 368 g/mol. The highest BCUT2D eigenvalue weighted by atomic mass is 127. The minimum Gasteiger partial charge on any atom is -0.392 e. The van der Waals surface area contributed by atoms with E-state index in [1.165, 1.54) is 13.9 Å². The lowest BCUT2D eigenvalue weighted by atomic mass is 10.2. The topological polar surface area (TPSA) is 20.2 Å². The van der Waals surface area contributed by atoms with Crippen molar-refractivity contribution in [3.05, 3.63) is 57.7 Å². The molecule has 2 aromatic rings. The molecule has 1 nitrogen and oxygen atoms in total. The van der Waals surface area contributed by atoms with Crippen molar-refractivity contribution in [2.24, 2.45) is 0 Å². The van der Waals surface area contributed by atoms with Crippen LogP contribution in [0.4, 0.5) is 0 Å². The molecule has 0 heterocycles. The third-order valence-corrected chi connectivity index (χ3v) is 7.76. The average molecular weight is 368 g/mol. The van der Waals surface area contributed by atoms with Crippen LogP contribution >= 0.6 is 22.6 Å². The standard InChI is InChI=1S/C15H17IOSi/c1-18(2,14-9-7-13(16)8-10-14)15-6-4-3-5-12(15)11-17/h3-10,17H,11H2,1-2H3. The van der Waals surface area contributed by atoms with E-state index in [0.29, 0.717) is 0 Å². The first kappa shape index (κ1) is 13.8. The quantitative estimate of drug-likeness (QED) is 0.652. The smallest absolute Gasteiger partial charge is 0.112 e. The van der Waals surface area contributed by atoms with Crippen molar-refractivity contribution in [2.75, 3.05) is 0 Å². The van der Waals surface area contributed by atoms with Gasteiger partial charge in [-0.25, -0.2) is 0 Å². The van der Waals surface area contributed by atoms with Gasteiger partial charge >= 0.3 is 0 Å². The van der Waals surface area contributed by atoms with Crippen LogP contribution in [-0.2, 0) is 6.61 Å². The molecule has 0 spiro atoms. The molecule has 0 aliphatic rings. The van der Waals surface area contributed by atoms with Gasteiger partial charge in [0.15, 0.2) is 0 Å². The summed E-state index contributed by atoms with van der Waals surface area (Å²) in [6.07, 6.45) is 0. The molecule has 94 valence electrons. The fraction of sp³-hybridized carbons (Fsp3) is 0.200. The Morgan fingerprint density at radius 2 is 1.61 bits per heavy atom. The van der Waals surface area contributed by atoms with Gasteiger partial charge in [0.1, 0.15) is 8.07 Å². The van der Waals surface area contributed by atoms with Crippen LogP contribution in [0.1, 0.15) is 5.56 Å². The van der Waals surface area contributed by atoms with Crippen molar-refractivity contribution in [3.8, 4) is 0 Å². The second-order valence-electron chi connectivity index (χ2n) is 4.95. The molecule has 0 amide bonds. The molecule has 0 atom stereocenters. The summed E-state index contributed by atoms with van der Waals surface area (Å²) in [6, 6.07) is 17.0. The minimum atomic E-state index is -1.71. The Hall–Kier alpha value is -0.653. The largest absolute Gasteiger partial charge is 0.392 e. The molecular formula is C15H17IOSi. The van der Waals surface area contributed by atoms with Gasteiger partial charge in [-0.3, -0.25) is 0 Å². The lowest BCUT2D eigenvalue weighted by Gasteiger charge is -2.26. The zero-order valence-corrected chi connectivity index (χ0v) is 13.8. The van der Waals surface area contributed by atoms with E-state index in [2.05, 4.69) is 72.1 Å². The first-order valence-corrected chi connectivity index (χ1v) is 10.1. The van der Waals surface area contributed by atoms with Crippen molar-refractivity contribution in [1.29, 1.82) is 0 Å². The van der Waals surface area contributed by atoms with Crippen LogP contribution in [0.3, 0.4) is 0 Å². The Morgan fingerprint density at radius 1 is 1.00 bits per heavy atom. The lowest BCUT2D eigenvalue weighted by Crippen LogP contribution is -2.54. The maximum Gasteiger partial charge on any atom is 0.112 e. The highest BCUT2D eigenvalue weighted by Gasteiger charge is 2.27. The van der Waals surface area contributed by atoms with Crippen LogP contribution in [0.5, 0.6) is 0 Å². The molecule has 0 aromatic heterocycles. The molecule has 3 heteroatoms. The summed E-state index contributed by atoms with van der Waals surface area (Å²) in [7, 11) is -1.71. The second-order valence-corrected chi connectivity index (χ2v) is 10.6. The van der Waals surface area contributed by atoms with Gasteiger partial charge < -0.3 is 5.11 Å². The van der Waals surface area contributed by atoms with Gasteiger partial charge in [0.2, 0.25) is 0 Å². The van der Waals surface area contributed by atoms with E-state index in [1.807, 2.05) is 12.1 Å². The molecule has 0 aliphatic carbocycles. The third kappa shape index (κ3) is 2.68. The summed E-state index contributed by atoms with van der Waals surface area (Å²) in [5.74, 6) is 0. The zero-order chi connectivity index (χ0) is 13.2. The predicted octanol–water partition coefficient (Wildman–Crippen LogP) is 2.61. The van der Waals surface area contributed by atoms with E-state index in [0.717, 1.165) is 5.56 Å². The molecule has 0 unspecified atom stereocenters. The van der Waals surface area contributed by atoms with Crippen LogP contribution in [0.25, 0.3) is 0 Å². The molecule has 1 N–H and O–H groups in total. The molecular weight excluding hydrogens is 351 g/mol. The van der Waals surface area contributed by atoms with Crippen molar-refractivity contribution < 1.29 is 5.11 Å². The van der Waals surface area contributed by atoms with Gasteiger partial charge in [-0.05, 0) is 45.5 Å². The highest BCUT2D eigenvalue weighted by molar-refractivity contribution is 14.1. The maximum atomic E-state index is 9.49. The van der Waals surface area contributed by atoms with Crippen LogP contribution in [0.15, 0.2) is 48.5 Å². The summed E-state index contributed by atoms with van der Waals surface area (Å²) < 4.78 is 1.26. The van der Waals surface area contributed by atoms with Crippen LogP contribution in [0.2, 0.25) is 13.1 Å². The normalized spacial score (nSPS) is 11.6. The van der Waals surface area contributed by atoms with E-state index in [-0.39, 0.29) is 6.61 Å². The Balaban J connectivity index is 2.50. The Morgan fingerprint density at radius 3 is 2.22 bits per heavy atom. The number of aliphatic hydroxyl groups excluding tert-OH is 1. The van der Waals surface area contributed by atoms with Gasteiger partial charge in [-0.1, -0.05) is 54.7 Å². The van der Waals surface area contributed by atoms with Crippen molar-refractivity contribution in [3.63, 3.8) is 0 Å². The van der Waals surface area contributed by atoms with Gasteiger partial charge in [-0.15, -0.1) is 0 Å². The molecule has 2 rings (SSSR count). The molecule has 0 fully saturated rings. The average Bonchev–Trinajstić information content (AvgIpc) is 2.39. The van der Waals surface area contributed by atoms with E-state index in [1.54, 1.807) is 0 Å². The van der Waals surface area contributed by atoms with Crippen molar-refractivity contribution >= 4 is 41.0 Å². The molecule has 0 saturated heterocycles. The summed E-state index contributed by atoms with van der Waals surface area (Å²) in [6.45, 7) is 4.80. The van der Waals surface area contributed by atoms with Crippen LogP contribution in [0, 0.1) is 3.57 Å². The molecule has 0 aliphatic heterocycles. The predicted molar refractivity (Wildman–Crippen MR) is 88.3 cm³/mol. The first-order chi connectivity index (χ1) is 8.55. The Kier molecular flexibility index (Phi) is 4.24. The van der Waals surface area contributed by atoms with Crippen LogP contribution in [-0.4, -0.2) is 13.2 Å². The summed E-state index contributed by atoms with van der Waals surface area (Å²) in [5, 5.41) is 12.2. The van der Waals surface area contributed by atoms with Gasteiger partial charge in [0.25, 0.3) is 0 Å². The molecule has 2 aromatic carbocycles. The SMILES string of the molecule is C[Si](C)(c1ccc(I)cc1)c1ccccc1CO. The third-order valence-electron chi connectivity index (χ3n) is 3.43. The number of hydrogen-bond donors (Lipinski definition) is 1. The van der Waals surface area contributed by atoms with E-state index in [9.17, 15) is 5.11 Å². The number of aliphatic hydroxyl groups is 1. The number of rotatable bonds is 3. The Bertz CT molecular complexity index is 534. The van der Waals surface area contributed by atoms with Gasteiger partial charge in [0, 0.05) is 3.57 Å². The summed E-state index contributed by atoms with van der Waals surface area (Å²) in [4.78, 5) is 0. The fourth-order valence-electron chi connectivity index (χ4n) is 2.29.